The number of benzene rings is 3. The molecule has 33 heavy (non-hydrogen) atoms. The van der Waals surface area contributed by atoms with Gasteiger partial charge in [-0.1, -0.05) is 30.3 Å². The Bertz CT molecular complexity index is 1180. The summed E-state index contributed by atoms with van der Waals surface area (Å²) in [7, 11) is -2.35. The number of nitrogens with zero attached hydrogens (tertiary/aromatic N) is 1. The average molecular weight is 469 g/mol. The summed E-state index contributed by atoms with van der Waals surface area (Å²) >= 11 is 0. The second-order valence-corrected chi connectivity index (χ2v) is 9.28. The molecular formula is C25H28N2O5S. The molecule has 3 aromatic rings. The summed E-state index contributed by atoms with van der Waals surface area (Å²) in [5, 5.41) is 2.74. The van der Waals surface area contributed by atoms with E-state index in [1.54, 1.807) is 61.7 Å². The molecule has 0 aromatic heterocycles. The second kappa shape index (κ2) is 10.9. The van der Waals surface area contributed by atoms with Gasteiger partial charge in [-0.2, -0.15) is 0 Å². The molecule has 0 heterocycles. The Hall–Kier alpha value is -3.52. The highest BCUT2D eigenvalue weighted by Gasteiger charge is 2.28. The molecule has 3 aromatic carbocycles. The zero-order chi connectivity index (χ0) is 23.8. The van der Waals surface area contributed by atoms with E-state index < -0.39 is 15.9 Å². The summed E-state index contributed by atoms with van der Waals surface area (Å²) in [6.07, 6.45) is 0. The fourth-order valence-electron chi connectivity index (χ4n) is 3.24. The number of ether oxygens (including phenoxy) is 2. The van der Waals surface area contributed by atoms with Gasteiger partial charge in [0.1, 0.15) is 24.7 Å². The van der Waals surface area contributed by atoms with Crippen molar-refractivity contribution in [3.05, 3.63) is 83.9 Å². The van der Waals surface area contributed by atoms with Gasteiger partial charge in [-0.3, -0.25) is 9.10 Å². The Labute approximate surface area is 195 Å². The third-order valence-corrected chi connectivity index (χ3v) is 6.99. The molecule has 1 amide bonds. The highest BCUT2D eigenvalue weighted by Crippen LogP contribution is 2.28. The maximum atomic E-state index is 13.4. The normalized spacial score (nSPS) is 11.0. The van der Waals surface area contributed by atoms with Crippen LogP contribution in [-0.4, -0.2) is 41.1 Å². The van der Waals surface area contributed by atoms with Crippen molar-refractivity contribution in [3.8, 4) is 11.5 Å². The molecule has 0 spiro atoms. The van der Waals surface area contributed by atoms with Crippen LogP contribution in [0.1, 0.15) is 11.1 Å². The van der Waals surface area contributed by atoms with Gasteiger partial charge in [-0.25, -0.2) is 8.42 Å². The maximum Gasteiger partial charge on any atom is 0.264 e. The van der Waals surface area contributed by atoms with E-state index >= 15 is 0 Å². The zero-order valence-electron chi connectivity index (χ0n) is 18.9. The van der Waals surface area contributed by atoms with Crippen molar-refractivity contribution < 1.29 is 22.7 Å². The Morgan fingerprint density at radius 2 is 1.58 bits per heavy atom. The lowest BCUT2D eigenvalue weighted by Gasteiger charge is -2.26. The van der Waals surface area contributed by atoms with E-state index in [1.165, 1.54) is 12.1 Å². The number of carbonyl (C=O) groups excluding carboxylic acids is 1. The molecule has 1 N–H and O–H groups in total. The van der Waals surface area contributed by atoms with Crippen molar-refractivity contribution >= 4 is 21.6 Å². The summed E-state index contributed by atoms with van der Waals surface area (Å²) in [6, 6.07) is 20.6. The maximum absolute atomic E-state index is 13.4. The van der Waals surface area contributed by atoms with E-state index in [4.69, 9.17) is 9.47 Å². The fraction of sp³-hybridized carbons (Fsp3) is 0.240. The number of hydrogen-bond acceptors (Lipinski definition) is 5. The van der Waals surface area contributed by atoms with Crippen molar-refractivity contribution in [1.82, 2.24) is 5.32 Å². The van der Waals surface area contributed by atoms with Gasteiger partial charge in [-0.15, -0.1) is 0 Å². The minimum Gasteiger partial charge on any atom is -0.497 e. The van der Waals surface area contributed by atoms with Gasteiger partial charge < -0.3 is 14.8 Å². The first-order chi connectivity index (χ1) is 15.8. The first-order valence-electron chi connectivity index (χ1n) is 10.5. The number of amides is 1. The smallest absolute Gasteiger partial charge is 0.264 e. The van der Waals surface area contributed by atoms with Crippen molar-refractivity contribution in [2.75, 3.05) is 31.1 Å². The van der Waals surface area contributed by atoms with Crippen molar-refractivity contribution in [3.63, 3.8) is 0 Å². The van der Waals surface area contributed by atoms with Crippen molar-refractivity contribution in [2.45, 2.75) is 18.7 Å². The van der Waals surface area contributed by atoms with E-state index in [9.17, 15) is 13.2 Å². The number of nitrogens with one attached hydrogen (secondary N) is 1. The number of sulfonamides is 1. The molecule has 0 fully saturated rings. The number of rotatable bonds is 10. The summed E-state index contributed by atoms with van der Waals surface area (Å²) < 4.78 is 38.7. The molecule has 7 nitrogen and oxygen atoms in total. The molecule has 0 radical (unpaired) electrons. The highest BCUT2D eigenvalue weighted by atomic mass is 32.2. The van der Waals surface area contributed by atoms with Gasteiger partial charge >= 0.3 is 0 Å². The lowest BCUT2D eigenvalue weighted by molar-refractivity contribution is -0.119. The minimum atomic E-state index is -3.94. The van der Waals surface area contributed by atoms with Crippen LogP contribution >= 0.6 is 0 Å². The van der Waals surface area contributed by atoms with Crippen LogP contribution in [-0.2, 0) is 14.8 Å². The third-order valence-electron chi connectivity index (χ3n) is 5.22. The van der Waals surface area contributed by atoms with E-state index in [1.807, 2.05) is 19.9 Å². The van der Waals surface area contributed by atoms with E-state index in [0.29, 0.717) is 11.4 Å². The molecule has 0 saturated carbocycles. The average Bonchev–Trinajstić information content (AvgIpc) is 2.83. The summed E-state index contributed by atoms with van der Waals surface area (Å²) in [5.41, 5.74) is 2.21. The first kappa shape index (κ1) is 24.1. The standard InChI is InChI=1S/C25H28N2O5S/c1-19-8-7-11-24(20(19)2)27(33(29,30)23-9-5-4-6-10-23)18-25(28)26-16-17-32-22-14-12-21(31-3)13-15-22/h4-15H,16-18H2,1-3H3,(H,26,28). The van der Waals surface area contributed by atoms with Crippen molar-refractivity contribution in [2.24, 2.45) is 0 Å². The number of hydrogen-bond donors (Lipinski definition) is 1. The van der Waals surface area contributed by atoms with Gasteiger partial charge in [0.05, 0.1) is 24.2 Å². The van der Waals surface area contributed by atoms with Crippen LogP contribution in [0.25, 0.3) is 0 Å². The van der Waals surface area contributed by atoms with Gasteiger partial charge in [0.25, 0.3) is 10.0 Å². The van der Waals surface area contributed by atoms with Crippen LogP contribution in [0.3, 0.4) is 0 Å². The molecule has 0 saturated heterocycles. The lowest BCUT2D eigenvalue weighted by Crippen LogP contribution is -2.42. The van der Waals surface area contributed by atoms with Crippen LogP contribution in [0.4, 0.5) is 5.69 Å². The van der Waals surface area contributed by atoms with Crippen LogP contribution < -0.4 is 19.1 Å². The Morgan fingerprint density at radius 1 is 0.909 bits per heavy atom. The van der Waals surface area contributed by atoms with E-state index in [0.717, 1.165) is 21.2 Å². The quantitative estimate of drug-likeness (QED) is 0.459. The van der Waals surface area contributed by atoms with E-state index in [2.05, 4.69) is 5.32 Å². The fourth-order valence-corrected chi connectivity index (χ4v) is 4.74. The Kier molecular flexibility index (Phi) is 7.95. The number of carbonyl (C=O) groups is 1. The molecule has 174 valence electrons. The minimum absolute atomic E-state index is 0.126. The predicted octanol–water partition coefficient (Wildman–Crippen LogP) is 3.70. The summed E-state index contributed by atoms with van der Waals surface area (Å²) in [5.74, 6) is 0.948. The number of aryl methyl sites for hydroxylation is 1. The monoisotopic (exact) mass is 468 g/mol. The largest absolute Gasteiger partial charge is 0.497 e. The topological polar surface area (TPSA) is 84.9 Å². The zero-order valence-corrected chi connectivity index (χ0v) is 19.8. The molecule has 0 bridgehead atoms. The van der Waals surface area contributed by atoms with Crippen LogP contribution in [0.15, 0.2) is 77.7 Å². The molecule has 0 unspecified atom stereocenters. The number of methoxy groups -OCH3 is 1. The second-order valence-electron chi connectivity index (χ2n) is 7.42. The highest BCUT2D eigenvalue weighted by molar-refractivity contribution is 7.92. The molecule has 3 rings (SSSR count). The molecular weight excluding hydrogens is 440 g/mol. The Morgan fingerprint density at radius 3 is 2.24 bits per heavy atom. The van der Waals surface area contributed by atoms with Crippen LogP contribution in [0.5, 0.6) is 11.5 Å². The van der Waals surface area contributed by atoms with Gasteiger partial charge in [0.2, 0.25) is 5.91 Å². The first-order valence-corrected chi connectivity index (χ1v) is 11.9. The van der Waals surface area contributed by atoms with Gasteiger partial charge in [-0.05, 0) is 67.4 Å². The van der Waals surface area contributed by atoms with Gasteiger partial charge in [0, 0.05) is 0 Å². The molecule has 0 aliphatic rings. The molecule has 8 heteroatoms. The van der Waals surface area contributed by atoms with Crippen LogP contribution in [0.2, 0.25) is 0 Å². The van der Waals surface area contributed by atoms with Gasteiger partial charge in [0.15, 0.2) is 0 Å². The predicted molar refractivity (Wildman–Crippen MR) is 128 cm³/mol. The summed E-state index contributed by atoms with van der Waals surface area (Å²) in [4.78, 5) is 12.8. The van der Waals surface area contributed by atoms with Crippen molar-refractivity contribution in [1.29, 1.82) is 0 Å². The number of anilines is 1. The SMILES string of the molecule is COc1ccc(OCCNC(=O)CN(c2cccc(C)c2C)S(=O)(=O)c2ccccc2)cc1. The summed E-state index contributed by atoms with van der Waals surface area (Å²) in [6.45, 7) is 3.88. The molecule has 0 aliphatic heterocycles. The van der Waals surface area contributed by atoms with E-state index in [-0.39, 0.29) is 24.6 Å². The third kappa shape index (κ3) is 6.04. The van der Waals surface area contributed by atoms with Crippen LogP contribution in [0, 0.1) is 13.8 Å². The molecule has 0 aliphatic carbocycles. The lowest BCUT2D eigenvalue weighted by atomic mass is 10.1. The Balaban J connectivity index is 1.70. The molecule has 0 atom stereocenters.